The van der Waals surface area contributed by atoms with Crippen LogP contribution >= 0.6 is 0 Å². The number of benzene rings is 2. The Bertz CT molecular complexity index is 1330. The lowest BCUT2D eigenvalue weighted by molar-refractivity contribution is 0.491. The Morgan fingerprint density at radius 1 is 0.972 bits per heavy atom. The Hall–Kier alpha value is -3.21. The van der Waals surface area contributed by atoms with Crippen LogP contribution in [-0.2, 0) is 16.4 Å². The predicted octanol–water partition coefficient (Wildman–Crippen LogP) is 3.40. The average molecular weight is 508 g/mol. The molecule has 3 aromatic rings. The minimum absolute atomic E-state index is 0.236. The minimum atomic E-state index is -3.64. The largest absolute Gasteiger partial charge is 0.369 e. The van der Waals surface area contributed by atoms with Gasteiger partial charge in [0.15, 0.2) is 0 Å². The second kappa shape index (κ2) is 9.68. The van der Waals surface area contributed by atoms with Gasteiger partial charge in [0.25, 0.3) is 0 Å². The first-order valence-electron chi connectivity index (χ1n) is 12.3. The van der Waals surface area contributed by atoms with E-state index in [0.29, 0.717) is 12.5 Å². The lowest BCUT2D eigenvalue weighted by Gasteiger charge is -2.29. The van der Waals surface area contributed by atoms with Crippen molar-refractivity contribution in [2.75, 3.05) is 47.8 Å². The summed E-state index contributed by atoms with van der Waals surface area (Å²) >= 11 is 0. The van der Waals surface area contributed by atoms with E-state index in [2.05, 4.69) is 37.4 Å². The van der Waals surface area contributed by atoms with Gasteiger partial charge in [-0.05, 0) is 69.7 Å². The Morgan fingerprint density at radius 2 is 1.72 bits per heavy atom. The van der Waals surface area contributed by atoms with Crippen LogP contribution in [0, 0.1) is 0 Å². The van der Waals surface area contributed by atoms with Crippen molar-refractivity contribution in [1.29, 1.82) is 0 Å². The van der Waals surface area contributed by atoms with Crippen LogP contribution in [-0.4, -0.2) is 56.6 Å². The van der Waals surface area contributed by atoms with Gasteiger partial charge in [-0.2, -0.15) is 4.98 Å². The molecule has 0 spiro atoms. The zero-order chi connectivity index (χ0) is 25.3. The molecule has 10 heteroatoms. The van der Waals surface area contributed by atoms with Crippen molar-refractivity contribution in [1.82, 2.24) is 20.0 Å². The molecule has 9 nitrogen and oxygen atoms in total. The monoisotopic (exact) mass is 507 g/mol. The summed E-state index contributed by atoms with van der Waals surface area (Å²) in [5.74, 6) is 1.30. The Kier molecular flexibility index (Phi) is 6.59. The van der Waals surface area contributed by atoms with E-state index in [1.165, 1.54) is 5.69 Å². The molecule has 0 unspecified atom stereocenters. The van der Waals surface area contributed by atoms with Gasteiger partial charge >= 0.3 is 0 Å². The van der Waals surface area contributed by atoms with Gasteiger partial charge in [0.05, 0.1) is 4.90 Å². The third-order valence-electron chi connectivity index (χ3n) is 6.19. The summed E-state index contributed by atoms with van der Waals surface area (Å²) in [5, 5.41) is 6.69. The second-order valence-electron chi connectivity index (χ2n) is 10.2. The molecule has 1 aromatic heterocycles. The van der Waals surface area contributed by atoms with Crippen molar-refractivity contribution < 1.29 is 8.42 Å². The van der Waals surface area contributed by atoms with E-state index in [9.17, 15) is 8.42 Å². The summed E-state index contributed by atoms with van der Waals surface area (Å²) < 4.78 is 28.5. The van der Waals surface area contributed by atoms with E-state index in [-0.39, 0.29) is 4.90 Å². The molecule has 1 saturated heterocycles. The van der Waals surface area contributed by atoms with Crippen molar-refractivity contribution in [3.8, 4) is 0 Å². The maximum Gasteiger partial charge on any atom is 0.241 e. The van der Waals surface area contributed by atoms with Gasteiger partial charge in [-0.3, -0.25) is 0 Å². The maximum absolute atomic E-state index is 12.9. The predicted molar refractivity (Wildman–Crippen MR) is 144 cm³/mol. The molecule has 3 heterocycles. The van der Waals surface area contributed by atoms with Crippen molar-refractivity contribution in [3.05, 3.63) is 60.3 Å². The first-order chi connectivity index (χ1) is 17.2. The average Bonchev–Trinajstić information content (AvgIpc) is 3.27. The highest BCUT2D eigenvalue weighted by Gasteiger charge is 2.26. The molecule has 5 rings (SSSR count). The molecule has 0 bridgehead atoms. The van der Waals surface area contributed by atoms with E-state index < -0.39 is 15.6 Å². The fourth-order valence-corrected chi connectivity index (χ4v) is 6.00. The van der Waals surface area contributed by atoms with E-state index in [1.807, 2.05) is 50.1 Å². The van der Waals surface area contributed by atoms with Crippen LogP contribution in [0.25, 0.3) is 0 Å². The van der Waals surface area contributed by atoms with Gasteiger partial charge in [-0.25, -0.2) is 18.1 Å². The fourth-order valence-electron chi connectivity index (χ4n) is 4.55. The van der Waals surface area contributed by atoms with Crippen LogP contribution in [0.5, 0.6) is 0 Å². The number of anilines is 5. The van der Waals surface area contributed by atoms with Crippen LogP contribution < -0.4 is 25.2 Å². The maximum atomic E-state index is 12.9. The summed E-state index contributed by atoms with van der Waals surface area (Å²) in [6, 6.07) is 15.3. The number of aromatic nitrogens is 2. The molecule has 36 heavy (non-hydrogen) atoms. The third kappa shape index (κ3) is 5.45. The van der Waals surface area contributed by atoms with E-state index in [0.717, 1.165) is 55.4 Å². The molecule has 2 aromatic carbocycles. The van der Waals surface area contributed by atoms with Gasteiger partial charge in [0, 0.05) is 67.1 Å². The van der Waals surface area contributed by atoms with Gasteiger partial charge in [0.1, 0.15) is 5.82 Å². The minimum Gasteiger partial charge on any atom is -0.369 e. The van der Waals surface area contributed by atoms with Gasteiger partial charge in [-0.15, -0.1) is 0 Å². The van der Waals surface area contributed by atoms with Gasteiger partial charge in [0.2, 0.25) is 16.0 Å². The molecule has 3 N–H and O–H groups in total. The second-order valence-corrected chi connectivity index (χ2v) is 11.9. The zero-order valence-corrected chi connectivity index (χ0v) is 21.8. The molecule has 0 saturated carbocycles. The van der Waals surface area contributed by atoms with Crippen molar-refractivity contribution >= 4 is 38.9 Å². The molecule has 1 fully saturated rings. The van der Waals surface area contributed by atoms with E-state index >= 15 is 0 Å². The molecule has 0 radical (unpaired) electrons. The Labute approximate surface area is 213 Å². The quantitative estimate of drug-likeness (QED) is 0.467. The molecule has 190 valence electrons. The van der Waals surface area contributed by atoms with Crippen LogP contribution in [0.4, 0.5) is 28.8 Å². The molecule has 2 aliphatic rings. The topological polar surface area (TPSA) is 102 Å². The first-order valence-corrected chi connectivity index (χ1v) is 13.8. The highest BCUT2D eigenvalue weighted by Crippen LogP contribution is 2.34. The summed E-state index contributed by atoms with van der Waals surface area (Å²) in [7, 11) is -3.64. The normalized spacial score (nSPS) is 16.2. The molecule has 2 aliphatic heterocycles. The lowest BCUT2D eigenvalue weighted by atomic mass is 10.1. The standard InChI is InChI=1S/C26H33N7O2S/c1-26(2,3)31-36(34,35)23-6-4-5-22(17-23)33-14-11-19-18-28-25(30-24(19)33)29-20-7-9-21(10-8-20)32-15-12-27-13-16-32/h4-10,17-18,27,31H,11-16H2,1-3H3,(H,28,29,30). The summed E-state index contributed by atoms with van der Waals surface area (Å²) in [6.07, 6.45) is 2.65. The molecule has 0 amide bonds. The number of hydrogen-bond acceptors (Lipinski definition) is 8. The fraction of sp³-hybridized carbons (Fsp3) is 0.385. The highest BCUT2D eigenvalue weighted by atomic mass is 32.2. The smallest absolute Gasteiger partial charge is 0.241 e. The lowest BCUT2D eigenvalue weighted by Crippen LogP contribution is -2.43. The SMILES string of the molecule is CC(C)(C)NS(=O)(=O)c1cccc(N2CCc3cnc(Nc4ccc(N5CCNCC5)cc4)nc32)c1. The number of piperazine rings is 1. The molecular weight excluding hydrogens is 474 g/mol. The van der Waals surface area contributed by atoms with E-state index in [1.54, 1.807) is 18.2 Å². The number of rotatable bonds is 6. The summed E-state index contributed by atoms with van der Waals surface area (Å²) in [6.45, 7) is 10.2. The van der Waals surface area contributed by atoms with Crippen LogP contribution in [0.15, 0.2) is 59.6 Å². The van der Waals surface area contributed by atoms with Crippen LogP contribution in [0.1, 0.15) is 26.3 Å². The Morgan fingerprint density at radius 3 is 2.44 bits per heavy atom. The Balaban J connectivity index is 1.35. The summed E-state index contributed by atoms with van der Waals surface area (Å²) in [5.41, 5.74) is 3.39. The van der Waals surface area contributed by atoms with Crippen molar-refractivity contribution in [2.24, 2.45) is 0 Å². The number of fused-ring (bicyclic) bond motifs is 1. The number of nitrogens with zero attached hydrogens (tertiary/aromatic N) is 4. The third-order valence-corrected chi connectivity index (χ3v) is 7.94. The number of hydrogen-bond donors (Lipinski definition) is 3. The van der Waals surface area contributed by atoms with Crippen LogP contribution in [0.2, 0.25) is 0 Å². The number of nitrogens with one attached hydrogen (secondary N) is 3. The zero-order valence-electron chi connectivity index (χ0n) is 21.0. The van der Waals surface area contributed by atoms with Crippen LogP contribution in [0.3, 0.4) is 0 Å². The molecule has 0 atom stereocenters. The number of sulfonamides is 1. The molecule has 0 aliphatic carbocycles. The van der Waals surface area contributed by atoms with Gasteiger partial charge in [-0.1, -0.05) is 6.07 Å². The van der Waals surface area contributed by atoms with Gasteiger partial charge < -0.3 is 20.4 Å². The van der Waals surface area contributed by atoms with Crippen molar-refractivity contribution in [2.45, 2.75) is 37.6 Å². The van der Waals surface area contributed by atoms with Crippen molar-refractivity contribution in [3.63, 3.8) is 0 Å². The first kappa shape index (κ1) is 24.5. The molecular formula is C26H33N7O2S. The summed E-state index contributed by atoms with van der Waals surface area (Å²) in [4.78, 5) is 14.0. The van der Waals surface area contributed by atoms with E-state index in [4.69, 9.17) is 4.98 Å². The highest BCUT2D eigenvalue weighted by molar-refractivity contribution is 7.89.